The molecule has 2 heterocycles. The predicted molar refractivity (Wildman–Crippen MR) is 71.8 cm³/mol. The summed E-state index contributed by atoms with van der Waals surface area (Å²) >= 11 is 0. The van der Waals surface area contributed by atoms with Crippen LogP contribution in [0, 0.1) is 0 Å². The minimum Gasteiger partial charge on any atom is -0.453 e. The Morgan fingerprint density at radius 3 is 2.26 bits per heavy atom. The topological polar surface area (TPSA) is 49.9 Å². The zero-order valence-corrected chi connectivity index (χ0v) is 12.1. The number of nitrogens with zero attached hydrogens (tertiary/aromatic N) is 2. The van der Waals surface area contributed by atoms with Gasteiger partial charge in [-0.25, -0.2) is 4.79 Å². The van der Waals surface area contributed by atoms with Gasteiger partial charge in [-0.05, 0) is 46.0 Å². The van der Waals surface area contributed by atoms with Crippen molar-refractivity contribution in [1.29, 1.82) is 0 Å². The molecular formula is C14H24N2O3. The molecule has 2 amide bonds. The highest BCUT2D eigenvalue weighted by Crippen LogP contribution is 2.27. The van der Waals surface area contributed by atoms with Crippen LogP contribution in [0.2, 0.25) is 0 Å². The van der Waals surface area contributed by atoms with Gasteiger partial charge in [0.2, 0.25) is 5.91 Å². The predicted octanol–water partition coefficient (Wildman–Crippen LogP) is 2.01. The standard InChI is InChI=1S/C14H24N2O3/c1-10-6-4-7-11(2)16(10)13(17)12-8-5-9-15(12)14(18)19-3/h10-12H,4-9H2,1-3H3. The molecular weight excluding hydrogens is 244 g/mol. The summed E-state index contributed by atoms with van der Waals surface area (Å²) in [6.45, 7) is 4.83. The van der Waals surface area contributed by atoms with Gasteiger partial charge in [-0.3, -0.25) is 9.69 Å². The molecule has 2 aliphatic rings. The molecule has 0 aromatic rings. The van der Waals surface area contributed by atoms with Crippen molar-refractivity contribution in [3.63, 3.8) is 0 Å². The van der Waals surface area contributed by atoms with Crippen molar-refractivity contribution in [2.75, 3.05) is 13.7 Å². The van der Waals surface area contributed by atoms with Crippen LogP contribution in [-0.4, -0.2) is 53.6 Å². The zero-order chi connectivity index (χ0) is 14.0. The Morgan fingerprint density at radius 1 is 1.05 bits per heavy atom. The fourth-order valence-electron chi connectivity index (χ4n) is 3.39. The van der Waals surface area contributed by atoms with Gasteiger partial charge in [0.15, 0.2) is 0 Å². The van der Waals surface area contributed by atoms with Crippen LogP contribution in [0.4, 0.5) is 4.79 Å². The van der Waals surface area contributed by atoms with Crippen LogP contribution < -0.4 is 0 Å². The lowest BCUT2D eigenvalue weighted by Gasteiger charge is -2.41. The lowest BCUT2D eigenvalue weighted by atomic mass is 9.96. The molecule has 108 valence electrons. The van der Waals surface area contributed by atoms with Gasteiger partial charge in [0.1, 0.15) is 6.04 Å². The largest absolute Gasteiger partial charge is 0.453 e. The SMILES string of the molecule is COC(=O)N1CCCC1C(=O)N1C(C)CCCC1C. The Morgan fingerprint density at radius 2 is 1.68 bits per heavy atom. The van der Waals surface area contributed by atoms with E-state index in [9.17, 15) is 9.59 Å². The molecule has 3 unspecified atom stereocenters. The molecule has 2 rings (SSSR count). The van der Waals surface area contributed by atoms with E-state index in [1.54, 1.807) is 4.90 Å². The van der Waals surface area contributed by atoms with Gasteiger partial charge in [0, 0.05) is 18.6 Å². The van der Waals surface area contributed by atoms with Gasteiger partial charge in [-0.1, -0.05) is 0 Å². The highest BCUT2D eigenvalue weighted by Gasteiger charge is 2.40. The molecule has 0 bridgehead atoms. The van der Waals surface area contributed by atoms with Gasteiger partial charge in [-0.15, -0.1) is 0 Å². The molecule has 2 aliphatic heterocycles. The van der Waals surface area contributed by atoms with E-state index in [4.69, 9.17) is 4.74 Å². The van der Waals surface area contributed by atoms with E-state index >= 15 is 0 Å². The van der Waals surface area contributed by atoms with Crippen molar-refractivity contribution >= 4 is 12.0 Å². The highest BCUT2D eigenvalue weighted by atomic mass is 16.5. The van der Waals surface area contributed by atoms with Crippen LogP contribution in [0.25, 0.3) is 0 Å². The minimum atomic E-state index is -0.381. The van der Waals surface area contributed by atoms with Crippen molar-refractivity contribution in [1.82, 2.24) is 9.80 Å². The summed E-state index contributed by atoms with van der Waals surface area (Å²) in [4.78, 5) is 28.0. The van der Waals surface area contributed by atoms with Gasteiger partial charge < -0.3 is 9.64 Å². The molecule has 2 fully saturated rings. The molecule has 0 aliphatic carbocycles. The molecule has 0 aromatic carbocycles. The molecule has 2 saturated heterocycles. The third-order valence-corrected chi connectivity index (χ3v) is 4.40. The summed E-state index contributed by atoms with van der Waals surface area (Å²) in [5.74, 6) is 0.0996. The van der Waals surface area contributed by atoms with Crippen molar-refractivity contribution in [3.05, 3.63) is 0 Å². The number of hydrogen-bond donors (Lipinski definition) is 0. The number of carbonyl (C=O) groups excluding carboxylic acids is 2. The molecule has 5 nitrogen and oxygen atoms in total. The molecule has 0 spiro atoms. The normalized spacial score (nSPS) is 31.4. The first-order valence-corrected chi connectivity index (χ1v) is 7.23. The average Bonchev–Trinajstić information content (AvgIpc) is 2.86. The monoisotopic (exact) mass is 268 g/mol. The van der Waals surface area contributed by atoms with Crippen LogP contribution in [0.1, 0.15) is 46.0 Å². The van der Waals surface area contributed by atoms with Gasteiger partial charge in [0.25, 0.3) is 0 Å². The van der Waals surface area contributed by atoms with E-state index in [1.807, 2.05) is 4.90 Å². The third-order valence-electron chi connectivity index (χ3n) is 4.40. The Balaban J connectivity index is 2.11. The first-order chi connectivity index (χ1) is 9.06. The smallest absolute Gasteiger partial charge is 0.410 e. The van der Waals surface area contributed by atoms with Crippen molar-refractivity contribution in [3.8, 4) is 0 Å². The van der Waals surface area contributed by atoms with Crippen molar-refractivity contribution in [2.45, 2.75) is 64.1 Å². The van der Waals surface area contributed by atoms with Crippen LogP contribution in [0.5, 0.6) is 0 Å². The van der Waals surface area contributed by atoms with E-state index < -0.39 is 0 Å². The molecule has 3 atom stereocenters. The van der Waals surface area contributed by atoms with E-state index in [-0.39, 0.29) is 30.1 Å². The lowest BCUT2D eigenvalue weighted by molar-refractivity contribution is -0.141. The second-order valence-corrected chi connectivity index (χ2v) is 5.70. The van der Waals surface area contributed by atoms with Crippen LogP contribution in [-0.2, 0) is 9.53 Å². The van der Waals surface area contributed by atoms with Gasteiger partial charge in [-0.2, -0.15) is 0 Å². The maximum Gasteiger partial charge on any atom is 0.410 e. The second kappa shape index (κ2) is 5.80. The molecule has 0 aromatic heterocycles. The van der Waals surface area contributed by atoms with Crippen molar-refractivity contribution < 1.29 is 14.3 Å². The first kappa shape index (κ1) is 14.2. The maximum atomic E-state index is 12.7. The number of amides is 2. The summed E-state index contributed by atoms with van der Waals surface area (Å²) in [5, 5.41) is 0. The number of likely N-dealkylation sites (tertiary alicyclic amines) is 2. The quantitative estimate of drug-likeness (QED) is 0.731. The van der Waals surface area contributed by atoms with E-state index in [0.29, 0.717) is 6.54 Å². The molecule has 5 heteroatoms. The summed E-state index contributed by atoms with van der Waals surface area (Å²) in [7, 11) is 1.37. The number of rotatable bonds is 1. The lowest BCUT2D eigenvalue weighted by Crippen LogP contribution is -2.55. The van der Waals surface area contributed by atoms with Crippen molar-refractivity contribution in [2.24, 2.45) is 0 Å². The van der Waals surface area contributed by atoms with E-state index in [1.165, 1.54) is 13.5 Å². The second-order valence-electron chi connectivity index (χ2n) is 5.70. The molecule has 0 radical (unpaired) electrons. The number of ether oxygens (including phenoxy) is 1. The fourth-order valence-corrected chi connectivity index (χ4v) is 3.39. The van der Waals surface area contributed by atoms with Crippen LogP contribution >= 0.6 is 0 Å². The number of piperidine rings is 1. The number of hydrogen-bond acceptors (Lipinski definition) is 3. The Hall–Kier alpha value is -1.26. The Bertz CT molecular complexity index is 349. The molecule has 19 heavy (non-hydrogen) atoms. The third kappa shape index (κ3) is 2.69. The van der Waals surface area contributed by atoms with Crippen LogP contribution in [0.3, 0.4) is 0 Å². The molecule has 0 saturated carbocycles. The average molecular weight is 268 g/mol. The van der Waals surface area contributed by atoms with E-state index in [2.05, 4.69) is 13.8 Å². The Labute approximate surface area is 114 Å². The maximum absolute atomic E-state index is 12.7. The Kier molecular flexibility index (Phi) is 4.32. The zero-order valence-electron chi connectivity index (χ0n) is 12.1. The minimum absolute atomic E-state index is 0.0996. The van der Waals surface area contributed by atoms with Gasteiger partial charge >= 0.3 is 6.09 Å². The van der Waals surface area contributed by atoms with Gasteiger partial charge in [0.05, 0.1) is 7.11 Å². The summed E-state index contributed by atoms with van der Waals surface area (Å²) < 4.78 is 4.77. The first-order valence-electron chi connectivity index (χ1n) is 7.23. The number of methoxy groups -OCH3 is 1. The summed E-state index contributed by atoms with van der Waals surface area (Å²) in [5.41, 5.74) is 0. The summed E-state index contributed by atoms with van der Waals surface area (Å²) in [6.07, 6.45) is 4.54. The molecule has 0 N–H and O–H groups in total. The highest BCUT2D eigenvalue weighted by molar-refractivity contribution is 5.86. The number of carbonyl (C=O) groups is 2. The fraction of sp³-hybridized carbons (Fsp3) is 0.857. The van der Waals surface area contributed by atoms with Crippen LogP contribution in [0.15, 0.2) is 0 Å². The van der Waals surface area contributed by atoms with E-state index in [0.717, 1.165) is 25.7 Å². The summed E-state index contributed by atoms with van der Waals surface area (Å²) in [6, 6.07) is 0.225.